The molecule has 0 aliphatic carbocycles. The fourth-order valence-corrected chi connectivity index (χ4v) is 2.74. The lowest BCUT2D eigenvalue weighted by Gasteiger charge is -2.06. The van der Waals surface area contributed by atoms with Gasteiger partial charge in [0.1, 0.15) is 5.75 Å². The maximum absolute atomic E-state index is 11.5. The molecule has 0 spiro atoms. The van der Waals surface area contributed by atoms with E-state index in [0.717, 1.165) is 35.1 Å². The van der Waals surface area contributed by atoms with Gasteiger partial charge in [-0.3, -0.25) is 4.79 Å². The lowest BCUT2D eigenvalue weighted by molar-refractivity contribution is 0.0999. The van der Waals surface area contributed by atoms with Crippen molar-refractivity contribution in [2.75, 3.05) is 7.11 Å². The van der Waals surface area contributed by atoms with E-state index in [2.05, 4.69) is 4.98 Å². The third-order valence-electron chi connectivity index (χ3n) is 3.92. The molecule has 4 nitrogen and oxygen atoms in total. The average molecular weight is 294 g/mol. The van der Waals surface area contributed by atoms with Crippen molar-refractivity contribution < 1.29 is 9.53 Å². The van der Waals surface area contributed by atoms with E-state index < -0.39 is 0 Å². The normalized spacial score (nSPS) is 10.8. The van der Waals surface area contributed by atoms with Crippen LogP contribution in [0.4, 0.5) is 0 Å². The Kier molecular flexibility index (Phi) is 3.83. The van der Waals surface area contributed by atoms with Crippen molar-refractivity contribution in [1.29, 1.82) is 0 Å². The molecule has 0 aliphatic rings. The number of H-pyrrole nitrogens is 1. The van der Waals surface area contributed by atoms with Gasteiger partial charge < -0.3 is 15.5 Å². The number of aryl methyl sites for hydroxylation is 2. The number of benzene rings is 2. The van der Waals surface area contributed by atoms with Gasteiger partial charge >= 0.3 is 0 Å². The largest absolute Gasteiger partial charge is 0.497 e. The van der Waals surface area contributed by atoms with Gasteiger partial charge in [-0.15, -0.1) is 0 Å². The third-order valence-corrected chi connectivity index (χ3v) is 3.92. The van der Waals surface area contributed by atoms with Gasteiger partial charge in [-0.2, -0.15) is 0 Å². The van der Waals surface area contributed by atoms with Gasteiger partial charge in [-0.1, -0.05) is 18.2 Å². The zero-order chi connectivity index (χ0) is 15.5. The van der Waals surface area contributed by atoms with Crippen LogP contribution in [0.3, 0.4) is 0 Å². The van der Waals surface area contributed by atoms with E-state index in [1.54, 1.807) is 13.2 Å². The van der Waals surface area contributed by atoms with Crippen molar-refractivity contribution >= 4 is 16.8 Å². The van der Waals surface area contributed by atoms with E-state index in [0.29, 0.717) is 5.56 Å². The quantitative estimate of drug-likeness (QED) is 0.759. The molecule has 0 saturated carbocycles. The molecule has 112 valence electrons. The molecule has 22 heavy (non-hydrogen) atoms. The molecule has 2 aromatic carbocycles. The Morgan fingerprint density at radius 1 is 1.14 bits per heavy atom. The summed E-state index contributed by atoms with van der Waals surface area (Å²) in [4.78, 5) is 14.7. The number of methoxy groups -OCH3 is 1. The summed E-state index contributed by atoms with van der Waals surface area (Å²) in [7, 11) is 1.66. The first kappa shape index (κ1) is 14.2. The van der Waals surface area contributed by atoms with Gasteiger partial charge in [0.15, 0.2) is 0 Å². The number of rotatable bonds is 5. The van der Waals surface area contributed by atoms with Crippen LogP contribution >= 0.6 is 0 Å². The van der Waals surface area contributed by atoms with Crippen LogP contribution in [0.2, 0.25) is 0 Å². The maximum atomic E-state index is 11.5. The monoisotopic (exact) mass is 294 g/mol. The SMILES string of the molecule is COc1ccc2[nH]cc(CCc3ccccc3C(N)=O)c2c1. The zero-order valence-corrected chi connectivity index (χ0v) is 12.4. The summed E-state index contributed by atoms with van der Waals surface area (Å²) in [5, 5.41) is 1.15. The number of nitrogens with two attached hydrogens (primary N) is 1. The Balaban J connectivity index is 1.87. The van der Waals surface area contributed by atoms with Crippen LogP contribution in [0.5, 0.6) is 5.75 Å². The maximum Gasteiger partial charge on any atom is 0.248 e. The molecule has 0 aliphatic heterocycles. The fourth-order valence-electron chi connectivity index (χ4n) is 2.74. The van der Waals surface area contributed by atoms with Crippen LogP contribution in [0.25, 0.3) is 10.9 Å². The first-order valence-corrected chi connectivity index (χ1v) is 7.21. The lowest BCUT2D eigenvalue weighted by Crippen LogP contribution is -2.13. The highest BCUT2D eigenvalue weighted by Gasteiger charge is 2.09. The number of nitrogens with one attached hydrogen (secondary N) is 1. The summed E-state index contributed by atoms with van der Waals surface area (Å²) in [6.07, 6.45) is 3.61. The molecule has 0 fully saturated rings. The van der Waals surface area contributed by atoms with E-state index >= 15 is 0 Å². The standard InChI is InChI=1S/C18H18N2O2/c1-22-14-8-9-17-16(10-14)13(11-20-17)7-6-12-4-2-3-5-15(12)18(19)21/h2-5,8-11,20H,6-7H2,1H3,(H2,19,21). The summed E-state index contributed by atoms with van der Waals surface area (Å²) in [6.45, 7) is 0. The minimum Gasteiger partial charge on any atom is -0.497 e. The number of aromatic amines is 1. The molecular formula is C18H18N2O2. The first-order chi connectivity index (χ1) is 10.7. The number of aromatic nitrogens is 1. The van der Waals surface area contributed by atoms with Crippen LogP contribution in [0.15, 0.2) is 48.7 Å². The number of hydrogen-bond acceptors (Lipinski definition) is 2. The summed E-state index contributed by atoms with van der Waals surface area (Å²) >= 11 is 0. The van der Waals surface area contributed by atoms with Gasteiger partial charge in [-0.25, -0.2) is 0 Å². The summed E-state index contributed by atoms with van der Waals surface area (Å²) in [5.41, 5.74) is 9.29. The van der Waals surface area contributed by atoms with Gasteiger partial charge in [0.05, 0.1) is 7.11 Å². The molecule has 3 aromatic rings. The fraction of sp³-hybridized carbons (Fsp3) is 0.167. The molecule has 1 heterocycles. The number of hydrogen-bond donors (Lipinski definition) is 2. The van der Waals surface area contributed by atoms with E-state index in [1.165, 1.54) is 5.56 Å². The van der Waals surface area contributed by atoms with Crippen molar-refractivity contribution in [3.63, 3.8) is 0 Å². The number of carbonyl (C=O) groups excluding carboxylic acids is 1. The van der Waals surface area contributed by atoms with Crippen LogP contribution < -0.4 is 10.5 Å². The number of carbonyl (C=O) groups is 1. The first-order valence-electron chi connectivity index (χ1n) is 7.21. The van der Waals surface area contributed by atoms with E-state index in [1.807, 2.05) is 42.6 Å². The van der Waals surface area contributed by atoms with Crippen LogP contribution in [-0.2, 0) is 12.8 Å². The Hall–Kier alpha value is -2.75. The highest BCUT2D eigenvalue weighted by molar-refractivity contribution is 5.94. The second kappa shape index (κ2) is 5.93. The van der Waals surface area contributed by atoms with Crippen molar-refractivity contribution in [3.8, 4) is 5.75 Å². The van der Waals surface area contributed by atoms with Crippen LogP contribution in [0, 0.1) is 0 Å². The summed E-state index contributed by atoms with van der Waals surface area (Å²) in [5.74, 6) is 0.460. The minimum atomic E-state index is -0.379. The van der Waals surface area contributed by atoms with E-state index in [4.69, 9.17) is 10.5 Å². The third kappa shape index (κ3) is 2.68. The van der Waals surface area contributed by atoms with Gasteiger partial charge in [0, 0.05) is 22.7 Å². The lowest BCUT2D eigenvalue weighted by atomic mass is 9.99. The predicted molar refractivity (Wildman–Crippen MR) is 87.2 cm³/mol. The number of amides is 1. The molecule has 3 rings (SSSR count). The highest BCUT2D eigenvalue weighted by Crippen LogP contribution is 2.25. The Morgan fingerprint density at radius 2 is 1.91 bits per heavy atom. The van der Waals surface area contributed by atoms with Gasteiger partial charge in [0.25, 0.3) is 0 Å². The summed E-state index contributed by atoms with van der Waals surface area (Å²) in [6, 6.07) is 13.5. The highest BCUT2D eigenvalue weighted by atomic mass is 16.5. The Morgan fingerprint density at radius 3 is 2.68 bits per heavy atom. The second-order valence-corrected chi connectivity index (χ2v) is 5.25. The molecule has 0 saturated heterocycles. The Labute approximate surface area is 128 Å². The minimum absolute atomic E-state index is 0.379. The molecule has 1 amide bonds. The Bertz CT molecular complexity index is 821. The van der Waals surface area contributed by atoms with Gasteiger partial charge in [-0.05, 0) is 48.2 Å². The van der Waals surface area contributed by atoms with Crippen molar-refractivity contribution in [2.24, 2.45) is 5.73 Å². The van der Waals surface area contributed by atoms with Crippen LogP contribution in [-0.4, -0.2) is 18.0 Å². The summed E-state index contributed by atoms with van der Waals surface area (Å²) < 4.78 is 5.28. The van der Waals surface area contributed by atoms with E-state index in [9.17, 15) is 4.79 Å². The molecule has 3 N–H and O–H groups in total. The topological polar surface area (TPSA) is 68.1 Å². The number of primary amides is 1. The average Bonchev–Trinajstić information content (AvgIpc) is 2.95. The molecule has 0 bridgehead atoms. The smallest absolute Gasteiger partial charge is 0.248 e. The molecule has 4 heteroatoms. The molecule has 0 radical (unpaired) electrons. The second-order valence-electron chi connectivity index (χ2n) is 5.25. The van der Waals surface area contributed by atoms with Crippen molar-refractivity contribution in [2.45, 2.75) is 12.8 Å². The van der Waals surface area contributed by atoms with Crippen molar-refractivity contribution in [3.05, 3.63) is 65.4 Å². The zero-order valence-electron chi connectivity index (χ0n) is 12.4. The number of fused-ring (bicyclic) bond motifs is 1. The molecular weight excluding hydrogens is 276 g/mol. The van der Waals surface area contributed by atoms with Gasteiger partial charge in [0.2, 0.25) is 5.91 Å². The molecule has 0 unspecified atom stereocenters. The van der Waals surface area contributed by atoms with Crippen LogP contribution in [0.1, 0.15) is 21.5 Å². The molecule has 1 aromatic heterocycles. The predicted octanol–water partition coefficient (Wildman–Crippen LogP) is 3.06. The molecule has 0 atom stereocenters. The number of ether oxygens (including phenoxy) is 1. The van der Waals surface area contributed by atoms with E-state index in [-0.39, 0.29) is 5.91 Å². The van der Waals surface area contributed by atoms with Crippen molar-refractivity contribution in [1.82, 2.24) is 4.98 Å².